The molecular weight excluding hydrogens is 1770 g/mol. The summed E-state index contributed by atoms with van der Waals surface area (Å²) in [5.41, 5.74) is 26.5. The van der Waals surface area contributed by atoms with Crippen LogP contribution in [0.25, 0.3) is 301 Å². The van der Waals surface area contributed by atoms with Crippen molar-refractivity contribution in [3.05, 3.63) is 430 Å². The van der Waals surface area contributed by atoms with Gasteiger partial charge in [-0.2, -0.15) is 0 Å². The van der Waals surface area contributed by atoms with Gasteiger partial charge in [-0.15, -0.1) is 11.3 Å². The molecule has 0 unspecified atom stereocenters. The second-order valence-electron chi connectivity index (χ2n) is 38.0. The van der Waals surface area contributed by atoms with E-state index < -0.39 is 0 Å². The first-order chi connectivity index (χ1) is 70.7. The molecule has 0 spiro atoms. The van der Waals surface area contributed by atoms with E-state index >= 15 is 0 Å². The molecule has 14 heteroatoms. The van der Waals surface area contributed by atoms with E-state index in [9.17, 15) is 0 Å². The number of aromatic nitrogens is 9. The summed E-state index contributed by atoms with van der Waals surface area (Å²) in [7, 11) is 0. The predicted octanol–water partition coefficient (Wildman–Crippen LogP) is 34.9. The highest BCUT2D eigenvalue weighted by Crippen LogP contribution is 2.54. The Morgan fingerprint density at radius 1 is 0.210 bits per heavy atom. The predicted molar refractivity (Wildman–Crippen MR) is 590 cm³/mol. The fourth-order valence-corrected chi connectivity index (χ4v) is 24.9. The third-order valence-corrected chi connectivity index (χ3v) is 31.1. The summed E-state index contributed by atoms with van der Waals surface area (Å²) in [4.78, 5) is 32.1. The number of fused-ring (bicyclic) bond motifs is 42. The maximum Gasteiger partial charge on any atom is 0.235 e. The number of furan rings is 4. The van der Waals surface area contributed by atoms with Gasteiger partial charge in [-0.25, -0.2) is 29.9 Å². The number of hydrogen-bond donors (Lipinski definition) is 0. The number of thiophene rings is 1. The van der Waals surface area contributed by atoms with Crippen molar-refractivity contribution in [2.24, 2.45) is 0 Å². The fourth-order valence-electron chi connectivity index (χ4n) is 23.8. The van der Waals surface area contributed by atoms with Crippen LogP contribution in [0.5, 0.6) is 0 Å². The lowest BCUT2D eigenvalue weighted by Crippen LogP contribution is -2.15. The Balaban J connectivity index is 0.0000000981. The minimum atomic E-state index is -0.117. The Kier molecular flexibility index (Phi) is 16.7. The number of rotatable bonds is 6. The molecular formula is C129H75N9O4S. The summed E-state index contributed by atoms with van der Waals surface area (Å²) in [5, 5.41) is 28.3. The Hall–Kier alpha value is -18.8. The summed E-state index contributed by atoms with van der Waals surface area (Å²) in [5.74, 6) is 1.84. The van der Waals surface area contributed by atoms with E-state index in [1.807, 2.05) is 65.9 Å². The molecule has 666 valence electrons. The zero-order chi connectivity index (χ0) is 93.7. The summed E-state index contributed by atoms with van der Waals surface area (Å²) < 4.78 is 35.8. The topological polar surface area (TPSA) is 145 Å². The third kappa shape index (κ3) is 11.5. The van der Waals surface area contributed by atoms with Crippen LogP contribution in [-0.2, 0) is 5.41 Å². The zero-order valence-corrected chi connectivity index (χ0v) is 77.7. The molecule has 0 aliphatic heterocycles. The molecule has 13 nitrogen and oxygen atoms in total. The minimum absolute atomic E-state index is 0.117. The molecule has 0 radical (unpaired) electrons. The molecule has 33 rings (SSSR count). The van der Waals surface area contributed by atoms with Gasteiger partial charge in [-0.3, -0.25) is 13.7 Å². The van der Waals surface area contributed by atoms with Crippen LogP contribution in [-0.4, -0.2) is 43.6 Å². The lowest BCUT2D eigenvalue weighted by molar-refractivity contribution is 0.660. The van der Waals surface area contributed by atoms with Crippen molar-refractivity contribution >= 4 is 250 Å². The van der Waals surface area contributed by atoms with E-state index in [2.05, 4.69) is 392 Å². The number of benzene rings is 21. The van der Waals surface area contributed by atoms with Crippen molar-refractivity contribution in [2.75, 3.05) is 0 Å². The number of nitrogens with zero attached hydrogens (tertiary/aromatic N) is 9. The van der Waals surface area contributed by atoms with E-state index in [0.29, 0.717) is 17.8 Å². The van der Waals surface area contributed by atoms with Crippen molar-refractivity contribution < 1.29 is 17.7 Å². The summed E-state index contributed by atoms with van der Waals surface area (Å²) in [6.45, 7) is 4.65. The normalized spacial score (nSPS) is 12.7. The van der Waals surface area contributed by atoms with Gasteiger partial charge in [0.15, 0.2) is 16.7 Å². The van der Waals surface area contributed by atoms with Gasteiger partial charge in [0.25, 0.3) is 0 Å². The molecule has 11 heterocycles. The standard InChI is InChI=1S/C45H29N3O.C42H23N3O2.C42H23N3OS/c1-45(2)34-19-9-5-13-27(34)28-24-23-26(25-35(28)45)41-31-16-6-10-20-36(31)46-44(47-41)48-37-21-11-7-17-32(37)39-29-14-3-4-15-30(29)40-33-18-8-12-22-38(33)49-43(40)42(39)48;1-2-13-28-27(12-1)37-30-15-4-8-18-33(30)45(40(37)41-38(28)31-16-6-10-20-35(31)47-41)42-43-32-17-7-3-14-29(32)39(44-42)24-21-22-26-25-11-5-9-19-34(25)46-36(26)23-24;1-2-13-28-27(12-1)37-30-15-4-8-18-33(30)45(40(37)41-38(28)31-16-5-9-19-34(31)46-41)42-43-32-17-7-3-14-29(32)39(44-42)24-21-22-26-25-11-6-10-20-35(25)47-36(26)23-24/h3-25H,1-2H3;2*1-23H. The highest BCUT2D eigenvalue weighted by Gasteiger charge is 2.37. The van der Waals surface area contributed by atoms with E-state index in [1.54, 1.807) is 0 Å². The molecule has 1 aliphatic rings. The molecule has 0 saturated heterocycles. The molecule has 0 saturated carbocycles. The smallest absolute Gasteiger partial charge is 0.235 e. The quantitative estimate of drug-likeness (QED) is 0.158. The van der Waals surface area contributed by atoms with Crippen LogP contribution >= 0.6 is 11.3 Å². The summed E-state index contributed by atoms with van der Waals surface area (Å²) >= 11 is 1.83. The number of hydrogen-bond acceptors (Lipinski definition) is 11. The van der Waals surface area contributed by atoms with Crippen LogP contribution in [0.3, 0.4) is 0 Å². The van der Waals surface area contributed by atoms with Gasteiger partial charge in [-0.05, 0) is 146 Å². The maximum absolute atomic E-state index is 6.80. The van der Waals surface area contributed by atoms with Crippen molar-refractivity contribution in [3.8, 4) is 62.7 Å². The highest BCUT2D eigenvalue weighted by atomic mass is 32.1. The molecule has 32 aromatic rings. The third-order valence-electron chi connectivity index (χ3n) is 30.0. The molecule has 21 aromatic carbocycles. The van der Waals surface area contributed by atoms with Gasteiger partial charge in [0.05, 0.1) is 50.2 Å². The molecule has 0 bridgehead atoms. The van der Waals surface area contributed by atoms with Crippen molar-refractivity contribution in [1.29, 1.82) is 0 Å². The highest BCUT2D eigenvalue weighted by molar-refractivity contribution is 7.25. The van der Waals surface area contributed by atoms with Gasteiger partial charge in [0.2, 0.25) is 17.8 Å². The molecule has 11 aromatic heterocycles. The average Bonchev–Trinajstić information content (AvgIpc) is 1.54. The lowest BCUT2D eigenvalue weighted by atomic mass is 9.82. The molecule has 0 amide bonds. The fraction of sp³-hybridized carbons (Fsp3) is 0.0233. The first kappa shape index (κ1) is 79.3. The van der Waals surface area contributed by atoms with Gasteiger partial charge < -0.3 is 17.7 Å². The molecule has 1 aliphatic carbocycles. The summed E-state index contributed by atoms with van der Waals surface area (Å²) in [6.07, 6.45) is 0. The Bertz CT molecular complexity index is 10800. The summed E-state index contributed by atoms with van der Waals surface area (Å²) in [6, 6.07) is 147. The van der Waals surface area contributed by atoms with Gasteiger partial charge >= 0.3 is 0 Å². The monoisotopic (exact) mass is 1850 g/mol. The Morgan fingerprint density at radius 2 is 0.510 bits per heavy atom. The largest absolute Gasteiger partial charge is 0.456 e. The SMILES string of the molecule is CC1(C)c2ccccc2-c2ccc(-c3nc(-n4c5ccccc5c5c6ccccc6c6c7ccccc7oc6c54)nc4ccccc34)cc21.c1ccc2c(-c3ccc4c(c3)oc3ccccc34)nc(-n3c4ccccc4c4c5ccccc5c5c6ccccc6oc5c43)nc2c1.c1ccc2c(-c3ccc4c(c3)sc3ccccc34)nc(-n3c4ccccc4c4c5ccccc5c5c6ccccc6oc5c43)nc2c1. The Labute approximate surface area is 816 Å². The first-order valence-corrected chi connectivity index (χ1v) is 49.2. The second kappa shape index (κ2) is 30.1. The molecule has 0 atom stereocenters. The zero-order valence-electron chi connectivity index (χ0n) is 76.9. The first-order valence-electron chi connectivity index (χ1n) is 48.4. The van der Waals surface area contributed by atoms with Crippen LogP contribution in [0, 0.1) is 0 Å². The number of para-hydroxylation sites is 10. The van der Waals surface area contributed by atoms with Crippen LogP contribution < -0.4 is 0 Å². The van der Waals surface area contributed by atoms with Gasteiger partial charge in [0, 0.05) is 134 Å². The van der Waals surface area contributed by atoms with Crippen molar-refractivity contribution in [1.82, 2.24) is 43.6 Å². The van der Waals surface area contributed by atoms with E-state index in [-0.39, 0.29) is 5.41 Å². The van der Waals surface area contributed by atoms with Gasteiger partial charge in [0.1, 0.15) is 44.5 Å². The molecule has 143 heavy (non-hydrogen) atoms. The maximum atomic E-state index is 6.80. The lowest BCUT2D eigenvalue weighted by Gasteiger charge is -2.22. The Morgan fingerprint density at radius 3 is 0.951 bits per heavy atom. The van der Waals surface area contributed by atoms with E-state index in [4.69, 9.17) is 47.6 Å². The van der Waals surface area contributed by atoms with Crippen molar-refractivity contribution in [2.45, 2.75) is 19.3 Å². The van der Waals surface area contributed by atoms with Crippen LogP contribution in [0.1, 0.15) is 25.0 Å². The van der Waals surface area contributed by atoms with Crippen molar-refractivity contribution in [3.63, 3.8) is 0 Å². The average molecular weight is 1850 g/mol. The van der Waals surface area contributed by atoms with E-state index in [1.165, 1.54) is 74.7 Å². The van der Waals surface area contributed by atoms with E-state index in [0.717, 1.165) is 220 Å². The van der Waals surface area contributed by atoms with Gasteiger partial charge in [-0.1, -0.05) is 341 Å². The second-order valence-corrected chi connectivity index (χ2v) is 39.1. The minimum Gasteiger partial charge on any atom is -0.456 e. The molecule has 0 N–H and O–H groups in total. The van der Waals surface area contributed by atoms with Crippen LogP contribution in [0.2, 0.25) is 0 Å². The molecule has 0 fully saturated rings. The van der Waals surface area contributed by atoms with Crippen LogP contribution in [0.15, 0.2) is 436 Å². The van der Waals surface area contributed by atoms with Crippen LogP contribution in [0.4, 0.5) is 0 Å².